The first-order valence-electron chi connectivity index (χ1n) is 11.5. The second-order valence-electron chi connectivity index (χ2n) is 8.71. The summed E-state index contributed by atoms with van der Waals surface area (Å²) in [5, 5.41) is 3.07. The average Bonchev–Trinajstić information content (AvgIpc) is 2.98. The molecule has 29 heavy (non-hydrogen) atoms. The third-order valence-corrected chi connectivity index (χ3v) is 6.28. The number of hydrogen-bond donors (Lipinski definition) is 1. The molecule has 0 spiro atoms. The molecule has 5 nitrogen and oxygen atoms in total. The van der Waals surface area contributed by atoms with Crippen molar-refractivity contribution >= 4 is 11.6 Å². The maximum Gasteiger partial charge on any atom is 0.256 e. The summed E-state index contributed by atoms with van der Waals surface area (Å²) in [6.45, 7) is 8.79. The molecule has 1 saturated carbocycles. The Kier molecular flexibility index (Phi) is 8.37. The Morgan fingerprint density at radius 1 is 1.14 bits per heavy atom. The van der Waals surface area contributed by atoms with Crippen LogP contribution in [-0.2, 0) is 9.53 Å². The van der Waals surface area contributed by atoms with Crippen LogP contribution in [-0.4, -0.2) is 49.3 Å². The quantitative estimate of drug-likeness (QED) is 0.674. The van der Waals surface area contributed by atoms with Gasteiger partial charge in [0.1, 0.15) is 18.0 Å². The van der Waals surface area contributed by atoms with Crippen LogP contribution in [0.2, 0.25) is 0 Å². The van der Waals surface area contributed by atoms with Gasteiger partial charge in [0.05, 0.1) is 0 Å². The predicted molar refractivity (Wildman–Crippen MR) is 117 cm³/mol. The van der Waals surface area contributed by atoms with Gasteiger partial charge in [0.2, 0.25) is 0 Å². The second kappa shape index (κ2) is 11.0. The fraction of sp³-hybridized carbons (Fsp3) is 0.708. The maximum atomic E-state index is 13.0. The number of ether oxygens (including phenoxy) is 2. The summed E-state index contributed by atoms with van der Waals surface area (Å²) in [7, 11) is 0. The first kappa shape index (κ1) is 22.1. The van der Waals surface area contributed by atoms with Gasteiger partial charge in [0, 0.05) is 18.8 Å². The topological polar surface area (TPSA) is 50.8 Å². The van der Waals surface area contributed by atoms with E-state index >= 15 is 0 Å². The summed E-state index contributed by atoms with van der Waals surface area (Å²) >= 11 is 0. The highest BCUT2D eigenvalue weighted by molar-refractivity contribution is 5.97. The van der Waals surface area contributed by atoms with Gasteiger partial charge >= 0.3 is 0 Å². The summed E-state index contributed by atoms with van der Waals surface area (Å²) in [6, 6.07) is 7.72. The van der Waals surface area contributed by atoms with E-state index in [9.17, 15) is 4.79 Å². The average molecular weight is 403 g/mol. The zero-order valence-electron chi connectivity index (χ0n) is 18.3. The highest BCUT2D eigenvalue weighted by Gasteiger charge is 2.42. The molecule has 3 rings (SSSR count). The highest BCUT2D eigenvalue weighted by atomic mass is 16.5. The largest absolute Gasteiger partial charge is 0.492 e. The molecule has 0 aromatic heterocycles. The van der Waals surface area contributed by atoms with Crippen molar-refractivity contribution in [3.63, 3.8) is 0 Å². The molecule has 2 atom stereocenters. The predicted octanol–water partition coefficient (Wildman–Crippen LogP) is 4.87. The Morgan fingerprint density at radius 3 is 2.52 bits per heavy atom. The summed E-state index contributed by atoms with van der Waals surface area (Å²) in [5.74, 6) is 1.35. The lowest BCUT2D eigenvalue weighted by Crippen LogP contribution is -2.48. The van der Waals surface area contributed by atoms with E-state index in [4.69, 9.17) is 9.47 Å². The van der Waals surface area contributed by atoms with Crippen LogP contribution >= 0.6 is 0 Å². The van der Waals surface area contributed by atoms with Gasteiger partial charge < -0.3 is 14.8 Å². The Morgan fingerprint density at radius 2 is 1.86 bits per heavy atom. The first-order valence-corrected chi connectivity index (χ1v) is 11.5. The SMILES string of the molecule is CCO[C@@]1(C(=O)Nc2ccc(OCCN3CCCCCC3)cc2)CCC[C@H](C)C1. The lowest BCUT2D eigenvalue weighted by Gasteiger charge is -2.38. The van der Waals surface area contributed by atoms with Crippen molar-refractivity contribution in [2.75, 3.05) is 38.2 Å². The van der Waals surface area contributed by atoms with Crippen LogP contribution in [0, 0.1) is 5.92 Å². The van der Waals surface area contributed by atoms with Crippen molar-refractivity contribution in [1.29, 1.82) is 0 Å². The minimum Gasteiger partial charge on any atom is -0.492 e. The molecule has 0 bridgehead atoms. The number of anilines is 1. The number of carbonyl (C=O) groups excluding carboxylic acids is 1. The lowest BCUT2D eigenvalue weighted by atomic mass is 9.78. The molecule has 1 saturated heterocycles. The van der Waals surface area contributed by atoms with E-state index in [1.54, 1.807) is 0 Å². The highest BCUT2D eigenvalue weighted by Crippen LogP contribution is 2.36. The van der Waals surface area contributed by atoms with Gasteiger partial charge in [-0.1, -0.05) is 26.2 Å². The van der Waals surface area contributed by atoms with Gasteiger partial charge in [-0.3, -0.25) is 9.69 Å². The summed E-state index contributed by atoms with van der Waals surface area (Å²) in [5.41, 5.74) is 0.113. The summed E-state index contributed by atoms with van der Waals surface area (Å²) in [4.78, 5) is 15.5. The minimum atomic E-state index is -0.686. The Balaban J connectivity index is 1.49. The van der Waals surface area contributed by atoms with Gasteiger partial charge in [0.15, 0.2) is 0 Å². The molecule has 2 fully saturated rings. The number of carbonyl (C=O) groups is 1. The minimum absolute atomic E-state index is 0.0132. The second-order valence-corrected chi connectivity index (χ2v) is 8.71. The van der Waals surface area contributed by atoms with Crippen molar-refractivity contribution in [3.8, 4) is 5.75 Å². The van der Waals surface area contributed by atoms with Crippen molar-refractivity contribution in [3.05, 3.63) is 24.3 Å². The molecule has 1 aromatic rings. The number of nitrogens with one attached hydrogen (secondary N) is 1. The van der Waals surface area contributed by atoms with E-state index in [-0.39, 0.29) is 5.91 Å². The van der Waals surface area contributed by atoms with E-state index in [1.165, 1.54) is 45.2 Å². The molecule has 5 heteroatoms. The van der Waals surface area contributed by atoms with Gasteiger partial charge in [0.25, 0.3) is 5.91 Å². The van der Waals surface area contributed by atoms with Crippen molar-refractivity contribution in [1.82, 2.24) is 4.90 Å². The number of likely N-dealkylation sites (tertiary alicyclic amines) is 1. The zero-order chi connectivity index (χ0) is 20.5. The monoisotopic (exact) mass is 402 g/mol. The van der Waals surface area contributed by atoms with Gasteiger partial charge in [-0.25, -0.2) is 0 Å². The van der Waals surface area contributed by atoms with Crippen LogP contribution in [0.1, 0.15) is 65.2 Å². The van der Waals surface area contributed by atoms with Crippen LogP contribution in [0.3, 0.4) is 0 Å². The molecule has 1 N–H and O–H groups in total. The third-order valence-electron chi connectivity index (χ3n) is 6.28. The van der Waals surface area contributed by atoms with Crippen LogP contribution in [0.5, 0.6) is 5.75 Å². The Hall–Kier alpha value is -1.59. The molecular formula is C24H38N2O3. The maximum absolute atomic E-state index is 13.0. The zero-order valence-corrected chi connectivity index (χ0v) is 18.3. The summed E-state index contributed by atoms with van der Waals surface area (Å²) < 4.78 is 11.9. The van der Waals surface area contributed by atoms with Crippen LogP contribution in [0.25, 0.3) is 0 Å². The van der Waals surface area contributed by atoms with Crippen molar-refractivity contribution in [2.45, 2.75) is 70.8 Å². The normalized spacial score (nSPS) is 25.9. The smallest absolute Gasteiger partial charge is 0.256 e. The molecular weight excluding hydrogens is 364 g/mol. The number of benzene rings is 1. The molecule has 0 unspecified atom stereocenters. The lowest BCUT2D eigenvalue weighted by molar-refractivity contribution is -0.147. The third kappa shape index (κ3) is 6.45. The molecule has 1 aliphatic heterocycles. The summed E-state index contributed by atoms with van der Waals surface area (Å²) in [6.07, 6.45) is 9.12. The molecule has 1 heterocycles. The molecule has 1 amide bonds. The van der Waals surface area contributed by atoms with Crippen LogP contribution < -0.4 is 10.1 Å². The fourth-order valence-corrected chi connectivity index (χ4v) is 4.71. The molecule has 2 aliphatic rings. The van der Waals surface area contributed by atoms with Gasteiger partial charge in [-0.05, 0) is 82.3 Å². The number of nitrogens with zero attached hydrogens (tertiary/aromatic N) is 1. The van der Waals surface area contributed by atoms with E-state index in [1.807, 2.05) is 31.2 Å². The molecule has 0 radical (unpaired) electrons. The van der Waals surface area contributed by atoms with Crippen LogP contribution in [0.4, 0.5) is 5.69 Å². The van der Waals surface area contributed by atoms with E-state index in [2.05, 4.69) is 17.1 Å². The number of rotatable bonds is 8. The van der Waals surface area contributed by atoms with Crippen LogP contribution in [0.15, 0.2) is 24.3 Å². The van der Waals surface area contributed by atoms with Crippen molar-refractivity contribution < 1.29 is 14.3 Å². The van der Waals surface area contributed by atoms with Gasteiger partial charge in [-0.15, -0.1) is 0 Å². The molecule has 162 valence electrons. The fourth-order valence-electron chi connectivity index (χ4n) is 4.71. The van der Waals surface area contributed by atoms with Crippen molar-refractivity contribution in [2.24, 2.45) is 5.92 Å². The van der Waals surface area contributed by atoms with E-state index < -0.39 is 5.60 Å². The van der Waals surface area contributed by atoms with E-state index in [0.29, 0.717) is 19.1 Å². The Labute approximate surface area is 176 Å². The molecule has 1 aliphatic carbocycles. The number of amides is 1. The first-order chi connectivity index (χ1) is 14.1. The Bertz CT molecular complexity index is 622. The standard InChI is InChI=1S/C24H38N2O3/c1-3-29-24(14-8-9-20(2)19-24)23(27)25-21-10-12-22(13-11-21)28-18-17-26-15-6-4-5-7-16-26/h10-13,20H,3-9,14-19H2,1-2H3,(H,25,27)/t20-,24-/m0/s1. The van der Waals surface area contributed by atoms with Gasteiger partial charge in [-0.2, -0.15) is 0 Å². The number of hydrogen-bond acceptors (Lipinski definition) is 4. The molecule has 1 aromatic carbocycles. The van der Waals surface area contributed by atoms with E-state index in [0.717, 1.165) is 37.2 Å².